The summed E-state index contributed by atoms with van der Waals surface area (Å²) in [6.07, 6.45) is 0. The van der Waals surface area contributed by atoms with E-state index in [9.17, 15) is 8.42 Å². The number of nitrogens with zero attached hydrogens (tertiary/aromatic N) is 2. The van der Waals surface area contributed by atoms with Crippen molar-refractivity contribution in [3.05, 3.63) is 24.3 Å². The Kier molecular flexibility index (Phi) is 4.33. The highest BCUT2D eigenvalue weighted by Crippen LogP contribution is 2.22. The largest absolute Gasteiger partial charge is 0.427 e. The molecule has 2 aromatic rings. The molecule has 0 amide bonds. The highest BCUT2D eigenvalue weighted by atomic mass is 35.5. The third-order valence-corrected chi connectivity index (χ3v) is 4.79. The number of nitrogens with one attached hydrogen (secondary N) is 1. The molecule has 1 aromatic carbocycles. The Morgan fingerprint density at radius 2 is 2.15 bits per heavy atom. The third kappa shape index (κ3) is 2.67. The highest BCUT2D eigenvalue weighted by molar-refractivity contribution is 7.88. The number of hydrogen-bond acceptors (Lipinski definition) is 5. The van der Waals surface area contributed by atoms with Crippen LogP contribution in [0.4, 0.5) is 0 Å². The zero-order valence-electron chi connectivity index (χ0n) is 10.9. The van der Waals surface area contributed by atoms with E-state index in [0.29, 0.717) is 30.7 Å². The standard InChI is InChI=1S/C12H15N3O3S.ClH/c1-9-8-15(7-6-13-9)19(16,17)12-14-10-4-2-3-5-11(10)18-12;/h2-5,9,13H,6-8H2,1H3;1H. The number of fused-ring (bicyclic) bond motifs is 1. The van der Waals surface area contributed by atoms with Crippen LogP contribution in [-0.2, 0) is 10.0 Å². The van der Waals surface area contributed by atoms with Gasteiger partial charge < -0.3 is 9.73 Å². The Labute approximate surface area is 123 Å². The number of halogens is 1. The first kappa shape index (κ1) is 15.2. The zero-order chi connectivity index (χ0) is 13.5. The van der Waals surface area contributed by atoms with E-state index in [1.165, 1.54) is 4.31 Å². The molecule has 110 valence electrons. The van der Waals surface area contributed by atoms with Crippen molar-refractivity contribution in [3.8, 4) is 0 Å². The van der Waals surface area contributed by atoms with Crippen LogP contribution >= 0.6 is 12.4 Å². The summed E-state index contributed by atoms with van der Waals surface area (Å²) in [6, 6.07) is 7.16. The summed E-state index contributed by atoms with van der Waals surface area (Å²) in [4.78, 5) is 4.07. The first-order valence-corrected chi connectivity index (χ1v) is 7.60. The molecule has 0 saturated carbocycles. The molecule has 1 atom stereocenters. The quantitative estimate of drug-likeness (QED) is 0.901. The van der Waals surface area contributed by atoms with Gasteiger partial charge in [-0.15, -0.1) is 12.4 Å². The van der Waals surface area contributed by atoms with Gasteiger partial charge in [-0.2, -0.15) is 9.29 Å². The van der Waals surface area contributed by atoms with Crippen LogP contribution in [0.25, 0.3) is 11.1 Å². The first-order chi connectivity index (χ1) is 9.07. The number of piperazine rings is 1. The number of aromatic nitrogens is 1. The van der Waals surface area contributed by atoms with Gasteiger partial charge in [0, 0.05) is 25.7 Å². The van der Waals surface area contributed by atoms with Crippen LogP contribution in [-0.4, -0.2) is 43.4 Å². The van der Waals surface area contributed by atoms with Crippen molar-refractivity contribution >= 4 is 33.5 Å². The van der Waals surface area contributed by atoms with Crippen molar-refractivity contribution in [2.75, 3.05) is 19.6 Å². The first-order valence-electron chi connectivity index (χ1n) is 6.16. The maximum atomic E-state index is 12.4. The average Bonchev–Trinajstić information content (AvgIpc) is 2.83. The molecule has 1 aromatic heterocycles. The Hall–Kier alpha value is -1.15. The van der Waals surface area contributed by atoms with E-state index in [2.05, 4.69) is 10.3 Å². The Morgan fingerprint density at radius 3 is 2.85 bits per heavy atom. The van der Waals surface area contributed by atoms with Gasteiger partial charge in [-0.3, -0.25) is 0 Å². The summed E-state index contributed by atoms with van der Waals surface area (Å²) in [5.74, 6) is 0. The molecule has 1 N–H and O–H groups in total. The summed E-state index contributed by atoms with van der Waals surface area (Å²) < 4.78 is 31.7. The van der Waals surface area contributed by atoms with Crippen molar-refractivity contribution in [2.45, 2.75) is 18.2 Å². The van der Waals surface area contributed by atoms with Crippen LogP contribution < -0.4 is 5.32 Å². The van der Waals surface area contributed by atoms with Gasteiger partial charge in [-0.25, -0.2) is 8.42 Å². The number of hydrogen-bond donors (Lipinski definition) is 1. The molecule has 0 spiro atoms. The predicted molar refractivity (Wildman–Crippen MR) is 77.5 cm³/mol. The van der Waals surface area contributed by atoms with Gasteiger partial charge in [-0.05, 0) is 19.1 Å². The minimum atomic E-state index is -3.64. The summed E-state index contributed by atoms with van der Waals surface area (Å²) >= 11 is 0. The second-order valence-corrected chi connectivity index (χ2v) is 6.48. The SMILES string of the molecule is CC1CN(S(=O)(=O)c2nc3ccccc3o2)CCN1.Cl. The monoisotopic (exact) mass is 317 g/mol. The van der Waals surface area contributed by atoms with Gasteiger partial charge in [0.15, 0.2) is 5.58 Å². The molecular formula is C12H16ClN3O3S. The lowest BCUT2D eigenvalue weighted by molar-refractivity contribution is 0.300. The van der Waals surface area contributed by atoms with Crippen molar-refractivity contribution < 1.29 is 12.8 Å². The summed E-state index contributed by atoms with van der Waals surface area (Å²) in [5, 5.41) is 2.99. The van der Waals surface area contributed by atoms with Gasteiger partial charge in [0.1, 0.15) is 5.52 Å². The predicted octanol–water partition coefficient (Wildman–Crippen LogP) is 1.23. The minimum Gasteiger partial charge on any atom is -0.427 e. The van der Waals surface area contributed by atoms with E-state index >= 15 is 0 Å². The van der Waals surface area contributed by atoms with E-state index in [4.69, 9.17) is 4.42 Å². The molecule has 1 saturated heterocycles. The number of sulfonamides is 1. The number of oxazole rings is 1. The molecule has 3 rings (SSSR count). The molecule has 1 aliphatic heterocycles. The maximum Gasteiger partial charge on any atom is 0.332 e. The molecule has 0 bridgehead atoms. The molecule has 1 aliphatic rings. The smallest absolute Gasteiger partial charge is 0.332 e. The molecule has 8 heteroatoms. The van der Waals surface area contributed by atoms with Crippen LogP contribution in [0.15, 0.2) is 33.9 Å². The van der Waals surface area contributed by atoms with E-state index in [-0.39, 0.29) is 23.7 Å². The van der Waals surface area contributed by atoms with Gasteiger partial charge in [0.2, 0.25) is 0 Å². The number of para-hydroxylation sites is 2. The fraction of sp³-hybridized carbons (Fsp3) is 0.417. The van der Waals surface area contributed by atoms with Crippen LogP contribution in [0.1, 0.15) is 6.92 Å². The maximum absolute atomic E-state index is 12.4. The molecule has 1 fully saturated rings. The Morgan fingerprint density at radius 1 is 1.40 bits per heavy atom. The topological polar surface area (TPSA) is 75.4 Å². The Bertz CT molecular complexity index is 668. The molecule has 1 unspecified atom stereocenters. The van der Waals surface area contributed by atoms with Gasteiger partial charge in [0.05, 0.1) is 0 Å². The van der Waals surface area contributed by atoms with Crippen LogP contribution in [0.3, 0.4) is 0 Å². The lowest BCUT2D eigenvalue weighted by Gasteiger charge is -2.29. The molecule has 2 heterocycles. The van der Waals surface area contributed by atoms with Crippen LogP contribution in [0, 0.1) is 0 Å². The van der Waals surface area contributed by atoms with Gasteiger partial charge in [-0.1, -0.05) is 12.1 Å². The second kappa shape index (κ2) is 5.69. The minimum absolute atomic E-state index is 0. The van der Waals surface area contributed by atoms with Crippen molar-refractivity contribution in [2.24, 2.45) is 0 Å². The second-order valence-electron chi connectivity index (χ2n) is 4.67. The van der Waals surface area contributed by atoms with Crippen LogP contribution in [0.5, 0.6) is 0 Å². The number of benzene rings is 1. The van der Waals surface area contributed by atoms with E-state index in [1.807, 2.05) is 6.92 Å². The fourth-order valence-electron chi connectivity index (χ4n) is 2.19. The molecule has 0 aliphatic carbocycles. The molecule has 20 heavy (non-hydrogen) atoms. The van der Waals surface area contributed by atoms with Crippen molar-refractivity contribution in [1.82, 2.24) is 14.6 Å². The Balaban J connectivity index is 0.00000147. The molecule has 6 nitrogen and oxygen atoms in total. The lowest BCUT2D eigenvalue weighted by atomic mass is 10.3. The van der Waals surface area contributed by atoms with E-state index < -0.39 is 10.0 Å². The fourth-order valence-corrected chi connectivity index (χ4v) is 3.57. The normalized spacial score (nSPS) is 20.8. The summed E-state index contributed by atoms with van der Waals surface area (Å²) in [5.41, 5.74) is 1.05. The third-order valence-electron chi connectivity index (χ3n) is 3.17. The van der Waals surface area contributed by atoms with Crippen LogP contribution in [0.2, 0.25) is 0 Å². The number of rotatable bonds is 2. The zero-order valence-corrected chi connectivity index (χ0v) is 12.6. The van der Waals surface area contributed by atoms with Crippen molar-refractivity contribution in [3.63, 3.8) is 0 Å². The summed E-state index contributed by atoms with van der Waals surface area (Å²) in [7, 11) is -3.64. The van der Waals surface area contributed by atoms with E-state index in [1.54, 1.807) is 24.3 Å². The molecular weight excluding hydrogens is 302 g/mol. The van der Waals surface area contributed by atoms with E-state index in [0.717, 1.165) is 0 Å². The highest BCUT2D eigenvalue weighted by Gasteiger charge is 2.32. The molecule has 0 radical (unpaired) electrons. The average molecular weight is 318 g/mol. The lowest BCUT2D eigenvalue weighted by Crippen LogP contribution is -2.51. The van der Waals surface area contributed by atoms with Gasteiger partial charge in [0.25, 0.3) is 10.0 Å². The van der Waals surface area contributed by atoms with Gasteiger partial charge >= 0.3 is 5.22 Å². The summed E-state index contributed by atoms with van der Waals surface area (Å²) in [6.45, 7) is 3.46. The van der Waals surface area contributed by atoms with Crippen molar-refractivity contribution in [1.29, 1.82) is 0 Å².